The number of anilines is 2. The molecule has 0 aromatic carbocycles. The van der Waals surface area contributed by atoms with Crippen molar-refractivity contribution < 1.29 is 0 Å². The Kier molecular flexibility index (Phi) is 1.81. The molecule has 0 saturated carbocycles. The second kappa shape index (κ2) is 2.97. The van der Waals surface area contributed by atoms with Gasteiger partial charge in [-0.2, -0.15) is 5.10 Å². The van der Waals surface area contributed by atoms with Gasteiger partial charge in [-0.1, -0.05) is 0 Å². The first-order valence-corrected chi connectivity index (χ1v) is 4.18. The summed E-state index contributed by atoms with van der Waals surface area (Å²) in [5, 5.41) is 14.4. The topological polar surface area (TPSA) is 49.8 Å². The summed E-state index contributed by atoms with van der Waals surface area (Å²) in [5.74, 6) is 0.863. The molecule has 0 saturated heterocycles. The second-order valence-corrected chi connectivity index (χ2v) is 3.05. The molecule has 4 heteroatoms. The predicted octanol–water partition coefficient (Wildman–Crippen LogP) is 1.09. The molecule has 1 aromatic rings. The highest BCUT2D eigenvalue weighted by Gasteiger charge is 2.11. The average Bonchev–Trinajstić information content (AvgIpc) is 2.25. The summed E-state index contributed by atoms with van der Waals surface area (Å²) in [7, 11) is 0. The van der Waals surface area contributed by atoms with Crippen LogP contribution in [0.15, 0.2) is 12.3 Å². The predicted molar refractivity (Wildman–Crippen MR) is 48.2 cm³/mol. The number of hydrogen-bond acceptors (Lipinski definition) is 4. The van der Waals surface area contributed by atoms with Crippen molar-refractivity contribution in [2.24, 2.45) is 0 Å². The van der Waals surface area contributed by atoms with Crippen molar-refractivity contribution in [3.8, 4) is 0 Å². The Balaban J connectivity index is 2.31. The van der Waals surface area contributed by atoms with Gasteiger partial charge in [0.2, 0.25) is 0 Å². The Morgan fingerprint density at radius 2 is 2.50 bits per heavy atom. The molecule has 1 aliphatic rings. The molecule has 0 spiro atoms. The van der Waals surface area contributed by atoms with Gasteiger partial charge in [0, 0.05) is 12.6 Å². The first-order valence-electron chi connectivity index (χ1n) is 4.18. The van der Waals surface area contributed by atoms with E-state index >= 15 is 0 Å². The van der Waals surface area contributed by atoms with E-state index in [1.807, 2.05) is 6.07 Å². The van der Waals surface area contributed by atoms with Crippen LogP contribution in [-0.2, 0) is 0 Å². The fraction of sp³-hybridized carbons (Fsp3) is 0.500. The molecule has 2 heterocycles. The van der Waals surface area contributed by atoms with Gasteiger partial charge in [-0.05, 0) is 19.4 Å². The minimum Gasteiger partial charge on any atom is -0.382 e. The fourth-order valence-electron chi connectivity index (χ4n) is 1.31. The van der Waals surface area contributed by atoms with E-state index in [2.05, 4.69) is 27.8 Å². The van der Waals surface area contributed by atoms with Crippen molar-refractivity contribution in [3.63, 3.8) is 0 Å². The van der Waals surface area contributed by atoms with Crippen molar-refractivity contribution in [2.75, 3.05) is 17.2 Å². The van der Waals surface area contributed by atoms with Gasteiger partial charge in [-0.15, -0.1) is 5.10 Å². The summed E-state index contributed by atoms with van der Waals surface area (Å²) in [6, 6.07) is 2.41. The number of nitrogens with one attached hydrogen (secondary N) is 2. The van der Waals surface area contributed by atoms with Gasteiger partial charge >= 0.3 is 0 Å². The molecule has 2 N–H and O–H groups in total. The quantitative estimate of drug-likeness (QED) is 0.602. The van der Waals surface area contributed by atoms with Crippen LogP contribution in [-0.4, -0.2) is 22.8 Å². The first kappa shape index (κ1) is 7.34. The van der Waals surface area contributed by atoms with Crippen molar-refractivity contribution >= 4 is 11.5 Å². The Labute approximate surface area is 71.4 Å². The van der Waals surface area contributed by atoms with Crippen molar-refractivity contribution in [2.45, 2.75) is 19.4 Å². The van der Waals surface area contributed by atoms with E-state index in [4.69, 9.17) is 0 Å². The maximum Gasteiger partial charge on any atom is 0.172 e. The van der Waals surface area contributed by atoms with E-state index in [1.165, 1.54) is 0 Å². The van der Waals surface area contributed by atoms with E-state index in [1.54, 1.807) is 6.20 Å². The second-order valence-electron chi connectivity index (χ2n) is 3.05. The molecular formula is C8H12N4. The average molecular weight is 164 g/mol. The van der Waals surface area contributed by atoms with Gasteiger partial charge < -0.3 is 10.6 Å². The van der Waals surface area contributed by atoms with Crippen LogP contribution in [0.25, 0.3) is 0 Å². The number of aromatic nitrogens is 2. The largest absolute Gasteiger partial charge is 0.382 e. The van der Waals surface area contributed by atoms with Crippen LogP contribution in [0.3, 0.4) is 0 Å². The molecule has 1 aromatic heterocycles. The molecule has 2 rings (SSSR count). The van der Waals surface area contributed by atoms with Crippen LogP contribution < -0.4 is 10.6 Å². The minimum absolute atomic E-state index is 0.468. The van der Waals surface area contributed by atoms with Crippen LogP contribution in [0.1, 0.15) is 13.3 Å². The van der Waals surface area contributed by atoms with Gasteiger partial charge in [0.25, 0.3) is 0 Å². The monoisotopic (exact) mass is 164 g/mol. The molecule has 0 amide bonds. The molecule has 4 nitrogen and oxygen atoms in total. The fourth-order valence-corrected chi connectivity index (χ4v) is 1.31. The van der Waals surface area contributed by atoms with E-state index in [-0.39, 0.29) is 0 Å². The zero-order valence-electron chi connectivity index (χ0n) is 7.04. The van der Waals surface area contributed by atoms with Gasteiger partial charge in [-0.25, -0.2) is 0 Å². The first-order chi connectivity index (χ1) is 5.86. The third kappa shape index (κ3) is 1.32. The smallest absolute Gasteiger partial charge is 0.172 e. The molecule has 0 aliphatic carbocycles. The minimum atomic E-state index is 0.468. The SMILES string of the molecule is CC1CCNc2ccnnc2N1. The summed E-state index contributed by atoms with van der Waals surface area (Å²) in [4.78, 5) is 0. The Bertz CT molecular complexity index is 274. The maximum atomic E-state index is 4.01. The molecule has 1 unspecified atom stereocenters. The van der Waals surface area contributed by atoms with Crippen molar-refractivity contribution in [1.82, 2.24) is 10.2 Å². The highest BCUT2D eigenvalue weighted by Crippen LogP contribution is 2.20. The molecule has 0 fully saturated rings. The lowest BCUT2D eigenvalue weighted by molar-refractivity contribution is 0.741. The summed E-state index contributed by atoms with van der Waals surface area (Å²) >= 11 is 0. The third-order valence-electron chi connectivity index (χ3n) is 2.00. The van der Waals surface area contributed by atoms with Gasteiger partial charge in [0.1, 0.15) is 0 Å². The molecule has 64 valence electrons. The standard InChI is InChI=1S/C8H12N4/c1-6-2-4-9-7-3-5-10-12-8(7)11-6/h3,5-6,9H,2,4H2,1H3,(H,11,12). The zero-order chi connectivity index (χ0) is 8.39. The lowest BCUT2D eigenvalue weighted by Gasteiger charge is -2.09. The molecule has 12 heavy (non-hydrogen) atoms. The number of hydrogen-bond donors (Lipinski definition) is 2. The van der Waals surface area contributed by atoms with Gasteiger partial charge in [0.15, 0.2) is 5.82 Å². The Morgan fingerprint density at radius 1 is 1.58 bits per heavy atom. The zero-order valence-corrected chi connectivity index (χ0v) is 7.04. The molecule has 0 bridgehead atoms. The van der Waals surface area contributed by atoms with Crippen LogP contribution in [0.4, 0.5) is 11.5 Å². The lowest BCUT2D eigenvalue weighted by atomic mass is 10.2. The summed E-state index contributed by atoms with van der Waals surface area (Å²) in [6.07, 6.45) is 2.81. The van der Waals surface area contributed by atoms with E-state index in [0.29, 0.717) is 6.04 Å². The van der Waals surface area contributed by atoms with Crippen LogP contribution >= 0.6 is 0 Å². The summed E-state index contributed by atoms with van der Waals surface area (Å²) in [5.41, 5.74) is 1.05. The number of fused-ring (bicyclic) bond motifs is 1. The normalized spacial score (nSPS) is 21.6. The van der Waals surface area contributed by atoms with E-state index in [0.717, 1.165) is 24.5 Å². The molecular weight excluding hydrogens is 152 g/mol. The Hall–Kier alpha value is -1.32. The summed E-state index contributed by atoms with van der Waals surface area (Å²) < 4.78 is 0. The highest BCUT2D eigenvalue weighted by atomic mass is 15.2. The maximum absolute atomic E-state index is 4.01. The highest BCUT2D eigenvalue weighted by molar-refractivity contribution is 5.64. The van der Waals surface area contributed by atoms with Gasteiger partial charge in [-0.3, -0.25) is 0 Å². The van der Waals surface area contributed by atoms with Crippen LogP contribution in [0, 0.1) is 0 Å². The van der Waals surface area contributed by atoms with E-state index in [9.17, 15) is 0 Å². The third-order valence-corrected chi connectivity index (χ3v) is 2.00. The van der Waals surface area contributed by atoms with Crippen LogP contribution in [0.5, 0.6) is 0 Å². The molecule has 1 aliphatic heterocycles. The van der Waals surface area contributed by atoms with E-state index < -0.39 is 0 Å². The molecule has 1 atom stereocenters. The Morgan fingerprint density at radius 3 is 3.42 bits per heavy atom. The lowest BCUT2D eigenvalue weighted by Crippen LogP contribution is -2.15. The van der Waals surface area contributed by atoms with Crippen molar-refractivity contribution in [1.29, 1.82) is 0 Å². The van der Waals surface area contributed by atoms with Gasteiger partial charge in [0.05, 0.1) is 11.9 Å². The van der Waals surface area contributed by atoms with Crippen LogP contribution in [0.2, 0.25) is 0 Å². The van der Waals surface area contributed by atoms with Crippen molar-refractivity contribution in [3.05, 3.63) is 12.3 Å². The summed E-state index contributed by atoms with van der Waals surface area (Å²) in [6.45, 7) is 3.14. The molecule has 0 radical (unpaired) electrons. The number of rotatable bonds is 0. The number of nitrogens with zero attached hydrogens (tertiary/aromatic N) is 2.